The van der Waals surface area contributed by atoms with Crippen molar-refractivity contribution in [2.75, 3.05) is 31.2 Å². The van der Waals surface area contributed by atoms with Gasteiger partial charge in [-0.25, -0.2) is 4.39 Å². The Kier molecular flexibility index (Phi) is 5.00. The number of benzene rings is 1. The van der Waals surface area contributed by atoms with Crippen molar-refractivity contribution in [2.45, 2.75) is 39.3 Å². The Bertz CT molecular complexity index is 435. The number of rotatable bonds is 3. The average molecular weight is 280 g/mol. The molecule has 1 heterocycles. The van der Waals surface area contributed by atoms with Gasteiger partial charge in [0.1, 0.15) is 5.82 Å². The number of nitrogens with one attached hydrogen (secondary N) is 1. The van der Waals surface area contributed by atoms with Gasteiger partial charge in [0.25, 0.3) is 0 Å². The monoisotopic (exact) mass is 280 g/mol. The summed E-state index contributed by atoms with van der Waals surface area (Å²) in [6.07, 6.45) is 1.02. The number of ether oxygens (including phenoxy) is 1. The van der Waals surface area contributed by atoms with Crippen LogP contribution in [0.2, 0.25) is 0 Å². The van der Waals surface area contributed by atoms with Crippen LogP contribution in [0.1, 0.15) is 32.8 Å². The van der Waals surface area contributed by atoms with E-state index in [2.05, 4.69) is 31.0 Å². The van der Waals surface area contributed by atoms with E-state index in [-0.39, 0.29) is 11.4 Å². The van der Waals surface area contributed by atoms with Crippen molar-refractivity contribution in [3.8, 4) is 0 Å². The third-order valence-electron chi connectivity index (χ3n) is 3.41. The standard InChI is InChI=1S/C16H25FN2O/c1-16(2,3)18-12-13-11-14(17)5-6-15(13)19-7-4-9-20-10-8-19/h5-6,11,18H,4,7-10,12H2,1-3H3. The van der Waals surface area contributed by atoms with E-state index in [0.717, 1.165) is 44.0 Å². The van der Waals surface area contributed by atoms with Crippen molar-refractivity contribution in [1.82, 2.24) is 5.32 Å². The molecule has 0 radical (unpaired) electrons. The minimum absolute atomic E-state index is 0.0193. The minimum atomic E-state index is -0.175. The molecule has 1 N–H and O–H groups in total. The smallest absolute Gasteiger partial charge is 0.123 e. The maximum absolute atomic E-state index is 13.5. The van der Waals surface area contributed by atoms with Gasteiger partial charge < -0.3 is 15.0 Å². The highest BCUT2D eigenvalue weighted by Gasteiger charge is 2.16. The lowest BCUT2D eigenvalue weighted by Crippen LogP contribution is -2.36. The van der Waals surface area contributed by atoms with E-state index in [9.17, 15) is 4.39 Å². The molecule has 1 aromatic rings. The summed E-state index contributed by atoms with van der Waals surface area (Å²) >= 11 is 0. The zero-order valence-electron chi connectivity index (χ0n) is 12.7. The van der Waals surface area contributed by atoms with Gasteiger partial charge in [-0.2, -0.15) is 0 Å². The van der Waals surface area contributed by atoms with Crippen LogP contribution in [0.4, 0.5) is 10.1 Å². The first-order valence-corrected chi connectivity index (χ1v) is 7.32. The molecule has 0 aliphatic carbocycles. The number of anilines is 1. The summed E-state index contributed by atoms with van der Waals surface area (Å²) < 4.78 is 19.0. The first kappa shape index (κ1) is 15.3. The van der Waals surface area contributed by atoms with E-state index in [4.69, 9.17) is 4.74 Å². The zero-order chi connectivity index (χ0) is 14.6. The van der Waals surface area contributed by atoms with Crippen LogP contribution in [0.25, 0.3) is 0 Å². The van der Waals surface area contributed by atoms with Crippen molar-refractivity contribution in [1.29, 1.82) is 0 Å². The Morgan fingerprint density at radius 2 is 2.05 bits per heavy atom. The molecule has 0 bridgehead atoms. The molecule has 2 rings (SSSR count). The lowest BCUT2D eigenvalue weighted by Gasteiger charge is -2.27. The van der Waals surface area contributed by atoms with E-state index in [1.54, 1.807) is 12.1 Å². The topological polar surface area (TPSA) is 24.5 Å². The molecule has 3 nitrogen and oxygen atoms in total. The summed E-state index contributed by atoms with van der Waals surface area (Å²) in [5.74, 6) is -0.175. The first-order chi connectivity index (χ1) is 9.46. The van der Waals surface area contributed by atoms with Crippen molar-refractivity contribution in [3.63, 3.8) is 0 Å². The van der Waals surface area contributed by atoms with Gasteiger partial charge in [0, 0.05) is 37.5 Å². The minimum Gasteiger partial charge on any atom is -0.380 e. The maximum atomic E-state index is 13.5. The lowest BCUT2D eigenvalue weighted by atomic mass is 10.1. The molecule has 1 aromatic carbocycles. The van der Waals surface area contributed by atoms with Crippen LogP contribution >= 0.6 is 0 Å². The Hall–Kier alpha value is -1.13. The quantitative estimate of drug-likeness (QED) is 0.921. The average Bonchev–Trinajstić information content (AvgIpc) is 2.64. The van der Waals surface area contributed by atoms with Gasteiger partial charge in [0.05, 0.1) is 6.61 Å². The molecule has 0 atom stereocenters. The van der Waals surface area contributed by atoms with Crippen LogP contribution in [-0.2, 0) is 11.3 Å². The molecule has 0 saturated carbocycles. The fourth-order valence-corrected chi connectivity index (χ4v) is 2.35. The summed E-state index contributed by atoms with van der Waals surface area (Å²) in [6, 6.07) is 5.07. The Balaban J connectivity index is 2.18. The zero-order valence-corrected chi connectivity index (χ0v) is 12.7. The molecule has 20 heavy (non-hydrogen) atoms. The van der Waals surface area contributed by atoms with E-state index < -0.39 is 0 Å². The Labute approximate surface area is 121 Å². The molecular formula is C16H25FN2O. The molecule has 112 valence electrons. The summed E-state index contributed by atoms with van der Waals surface area (Å²) in [5.41, 5.74) is 2.15. The van der Waals surface area contributed by atoms with Gasteiger partial charge in [-0.05, 0) is 51.0 Å². The second kappa shape index (κ2) is 6.55. The van der Waals surface area contributed by atoms with Crippen LogP contribution in [0, 0.1) is 5.82 Å². The van der Waals surface area contributed by atoms with Crippen molar-refractivity contribution in [3.05, 3.63) is 29.6 Å². The van der Waals surface area contributed by atoms with E-state index in [1.807, 2.05) is 6.07 Å². The number of nitrogens with zero attached hydrogens (tertiary/aromatic N) is 1. The van der Waals surface area contributed by atoms with E-state index in [0.29, 0.717) is 6.54 Å². The molecule has 1 saturated heterocycles. The Morgan fingerprint density at radius 1 is 1.25 bits per heavy atom. The number of hydrogen-bond acceptors (Lipinski definition) is 3. The predicted octanol–water partition coefficient (Wildman–Crippen LogP) is 2.94. The van der Waals surface area contributed by atoms with E-state index in [1.165, 1.54) is 0 Å². The molecule has 0 amide bonds. The van der Waals surface area contributed by atoms with E-state index >= 15 is 0 Å². The molecule has 0 unspecified atom stereocenters. The molecule has 4 heteroatoms. The summed E-state index contributed by atoms with van der Waals surface area (Å²) in [6.45, 7) is 10.4. The normalized spacial score (nSPS) is 17.1. The lowest BCUT2D eigenvalue weighted by molar-refractivity contribution is 0.152. The van der Waals surface area contributed by atoms with Gasteiger partial charge in [-0.3, -0.25) is 0 Å². The summed E-state index contributed by atoms with van der Waals surface area (Å²) in [5, 5.41) is 3.44. The fraction of sp³-hybridized carbons (Fsp3) is 0.625. The molecule has 1 aliphatic rings. The highest BCUT2D eigenvalue weighted by Crippen LogP contribution is 2.23. The van der Waals surface area contributed by atoms with Crippen LogP contribution in [-0.4, -0.2) is 31.8 Å². The van der Waals surface area contributed by atoms with Gasteiger partial charge in [-0.1, -0.05) is 0 Å². The van der Waals surface area contributed by atoms with Gasteiger partial charge in [0.2, 0.25) is 0 Å². The predicted molar refractivity (Wildman–Crippen MR) is 80.6 cm³/mol. The van der Waals surface area contributed by atoms with Crippen molar-refractivity contribution in [2.24, 2.45) is 0 Å². The Morgan fingerprint density at radius 3 is 2.80 bits per heavy atom. The number of halogens is 1. The van der Waals surface area contributed by atoms with Crippen LogP contribution < -0.4 is 10.2 Å². The molecule has 0 spiro atoms. The van der Waals surface area contributed by atoms with Crippen LogP contribution in [0.5, 0.6) is 0 Å². The SMILES string of the molecule is CC(C)(C)NCc1cc(F)ccc1N1CCCOCC1. The van der Waals surface area contributed by atoms with Crippen molar-refractivity contribution < 1.29 is 9.13 Å². The maximum Gasteiger partial charge on any atom is 0.123 e. The van der Waals surface area contributed by atoms with Crippen molar-refractivity contribution >= 4 is 5.69 Å². The molecule has 0 aromatic heterocycles. The van der Waals surface area contributed by atoms with Crippen LogP contribution in [0.15, 0.2) is 18.2 Å². The third-order valence-corrected chi connectivity index (χ3v) is 3.41. The van der Waals surface area contributed by atoms with Gasteiger partial charge >= 0.3 is 0 Å². The second-order valence-corrected chi connectivity index (χ2v) is 6.33. The largest absolute Gasteiger partial charge is 0.380 e. The van der Waals surface area contributed by atoms with Crippen LogP contribution in [0.3, 0.4) is 0 Å². The highest BCUT2D eigenvalue weighted by atomic mass is 19.1. The molecule has 1 fully saturated rings. The summed E-state index contributed by atoms with van der Waals surface area (Å²) in [4.78, 5) is 2.30. The number of hydrogen-bond donors (Lipinski definition) is 1. The fourth-order valence-electron chi connectivity index (χ4n) is 2.35. The highest BCUT2D eigenvalue weighted by molar-refractivity contribution is 5.54. The molecular weight excluding hydrogens is 255 g/mol. The summed E-state index contributed by atoms with van der Waals surface area (Å²) in [7, 11) is 0. The van der Waals surface area contributed by atoms with Gasteiger partial charge in [-0.15, -0.1) is 0 Å². The van der Waals surface area contributed by atoms with Gasteiger partial charge in [0.15, 0.2) is 0 Å². The molecule has 1 aliphatic heterocycles. The third kappa shape index (κ3) is 4.46. The first-order valence-electron chi connectivity index (χ1n) is 7.32. The second-order valence-electron chi connectivity index (χ2n) is 6.33.